The topological polar surface area (TPSA) is 65.1 Å². The number of rotatable bonds is 3. The number of thioether (sulfide) groups is 1. The Kier molecular flexibility index (Phi) is 4.82. The van der Waals surface area contributed by atoms with Gasteiger partial charge in [-0.05, 0) is 19.4 Å². The summed E-state index contributed by atoms with van der Waals surface area (Å²) in [7, 11) is 3.20. The van der Waals surface area contributed by atoms with E-state index in [1.54, 1.807) is 7.05 Å². The van der Waals surface area contributed by atoms with Crippen molar-refractivity contribution in [1.82, 2.24) is 18.7 Å². The van der Waals surface area contributed by atoms with E-state index in [-0.39, 0.29) is 11.2 Å². The predicted octanol–water partition coefficient (Wildman–Crippen LogP) is 1.65. The van der Waals surface area contributed by atoms with Crippen molar-refractivity contribution < 1.29 is 0 Å². The molecule has 4 rings (SSSR count). The van der Waals surface area contributed by atoms with Crippen LogP contribution in [0.25, 0.3) is 11.2 Å². The molecule has 0 saturated carbocycles. The standard InChI is InChI=1S/C20H25N5O2S/c1-13-9-14(2)11-15(10-13)12-25-16-17(22(3)20(27)23(4)18(16)26)21-19(25)24-5-7-28-8-6-24/h9-11H,5-8,12H2,1-4H3. The van der Waals surface area contributed by atoms with E-state index in [9.17, 15) is 9.59 Å². The lowest BCUT2D eigenvalue weighted by Crippen LogP contribution is -2.38. The first kappa shape index (κ1) is 18.9. The van der Waals surface area contributed by atoms with Crippen molar-refractivity contribution in [2.45, 2.75) is 20.4 Å². The Bertz CT molecular complexity index is 1150. The molecule has 1 aliphatic heterocycles. The van der Waals surface area contributed by atoms with Crippen molar-refractivity contribution in [3.63, 3.8) is 0 Å². The van der Waals surface area contributed by atoms with Crippen LogP contribution < -0.4 is 16.1 Å². The van der Waals surface area contributed by atoms with Crippen LogP contribution >= 0.6 is 11.8 Å². The molecule has 0 unspecified atom stereocenters. The molecule has 0 N–H and O–H groups in total. The molecule has 0 bridgehead atoms. The monoisotopic (exact) mass is 399 g/mol. The van der Waals surface area contributed by atoms with E-state index in [4.69, 9.17) is 4.98 Å². The zero-order chi connectivity index (χ0) is 20.0. The van der Waals surface area contributed by atoms with Gasteiger partial charge in [-0.15, -0.1) is 0 Å². The number of nitrogens with zero attached hydrogens (tertiary/aromatic N) is 5. The van der Waals surface area contributed by atoms with E-state index in [1.807, 2.05) is 16.3 Å². The average Bonchev–Trinajstić information content (AvgIpc) is 3.04. The zero-order valence-corrected chi connectivity index (χ0v) is 17.5. The first-order valence-corrected chi connectivity index (χ1v) is 10.6. The molecule has 1 saturated heterocycles. The Morgan fingerprint density at radius 2 is 1.64 bits per heavy atom. The van der Waals surface area contributed by atoms with Crippen LogP contribution in [-0.4, -0.2) is 43.3 Å². The van der Waals surface area contributed by atoms with Crippen molar-refractivity contribution >= 4 is 28.9 Å². The van der Waals surface area contributed by atoms with Gasteiger partial charge in [0.2, 0.25) is 5.95 Å². The SMILES string of the molecule is Cc1cc(C)cc(Cn2c(N3CCSCC3)nc3c2c(=O)n(C)c(=O)n3C)c1. The van der Waals surface area contributed by atoms with Crippen LogP contribution in [0.2, 0.25) is 0 Å². The van der Waals surface area contributed by atoms with Crippen LogP contribution in [0.5, 0.6) is 0 Å². The minimum Gasteiger partial charge on any atom is -0.341 e. The van der Waals surface area contributed by atoms with Gasteiger partial charge in [0.15, 0.2) is 11.2 Å². The highest BCUT2D eigenvalue weighted by molar-refractivity contribution is 7.99. The molecule has 3 heterocycles. The molecule has 148 valence electrons. The Labute approximate surface area is 167 Å². The fourth-order valence-corrected chi connectivity index (χ4v) is 4.84. The normalized spacial score (nSPS) is 14.8. The van der Waals surface area contributed by atoms with Crippen LogP contribution in [0.3, 0.4) is 0 Å². The van der Waals surface area contributed by atoms with Crippen molar-refractivity contribution in [2.24, 2.45) is 14.1 Å². The predicted molar refractivity (Wildman–Crippen MR) is 115 cm³/mol. The molecular formula is C20H25N5O2S. The number of aryl methyl sites for hydroxylation is 3. The van der Waals surface area contributed by atoms with Gasteiger partial charge in [0.25, 0.3) is 5.56 Å². The van der Waals surface area contributed by atoms with Crippen LogP contribution in [0.1, 0.15) is 16.7 Å². The molecule has 0 spiro atoms. The number of hydrogen-bond acceptors (Lipinski definition) is 5. The lowest BCUT2D eigenvalue weighted by molar-refractivity contribution is 0.700. The van der Waals surface area contributed by atoms with Gasteiger partial charge >= 0.3 is 5.69 Å². The van der Waals surface area contributed by atoms with Gasteiger partial charge in [-0.3, -0.25) is 18.5 Å². The second kappa shape index (κ2) is 7.16. The number of hydrogen-bond donors (Lipinski definition) is 0. The minimum absolute atomic E-state index is 0.299. The van der Waals surface area contributed by atoms with Crippen molar-refractivity contribution in [3.05, 3.63) is 55.7 Å². The van der Waals surface area contributed by atoms with Crippen molar-refractivity contribution in [3.8, 4) is 0 Å². The summed E-state index contributed by atoms with van der Waals surface area (Å²) in [5.74, 6) is 2.83. The maximum atomic E-state index is 13.0. The van der Waals surface area contributed by atoms with Crippen molar-refractivity contribution in [1.29, 1.82) is 0 Å². The van der Waals surface area contributed by atoms with Crippen LogP contribution in [0.15, 0.2) is 27.8 Å². The quantitative estimate of drug-likeness (QED) is 0.670. The summed E-state index contributed by atoms with van der Waals surface area (Å²) in [6.45, 7) is 6.47. The highest BCUT2D eigenvalue weighted by Crippen LogP contribution is 2.24. The summed E-state index contributed by atoms with van der Waals surface area (Å²) in [6, 6.07) is 6.42. The summed E-state index contributed by atoms with van der Waals surface area (Å²) in [4.78, 5) is 32.4. The van der Waals surface area contributed by atoms with Gasteiger partial charge in [-0.1, -0.05) is 29.3 Å². The molecule has 1 aromatic carbocycles. The molecule has 28 heavy (non-hydrogen) atoms. The van der Waals surface area contributed by atoms with E-state index >= 15 is 0 Å². The van der Waals surface area contributed by atoms with Gasteiger partial charge in [0.05, 0.1) is 6.54 Å². The second-order valence-corrected chi connectivity index (χ2v) is 8.70. The summed E-state index contributed by atoms with van der Waals surface area (Å²) >= 11 is 1.93. The molecule has 0 aliphatic carbocycles. The Morgan fingerprint density at radius 3 is 2.29 bits per heavy atom. The molecule has 8 heteroatoms. The molecule has 7 nitrogen and oxygen atoms in total. The Morgan fingerprint density at radius 1 is 1.00 bits per heavy atom. The Hall–Kier alpha value is -2.48. The highest BCUT2D eigenvalue weighted by atomic mass is 32.2. The van der Waals surface area contributed by atoms with Crippen LogP contribution in [-0.2, 0) is 20.6 Å². The third-order valence-corrected chi connectivity index (χ3v) is 6.19. The number of imidazole rings is 1. The third kappa shape index (κ3) is 3.15. The number of aromatic nitrogens is 4. The fourth-order valence-electron chi connectivity index (χ4n) is 3.93. The maximum absolute atomic E-state index is 13.0. The third-order valence-electron chi connectivity index (χ3n) is 5.24. The molecule has 0 atom stereocenters. The lowest BCUT2D eigenvalue weighted by Gasteiger charge is -2.28. The van der Waals surface area contributed by atoms with E-state index in [1.165, 1.54) is 22.7 Å². The first-order chi connectivity index (χ1) is 13.4. The van der Waals surface area contributed by atoms with E-state index in [0.29, 0.717) is 17.7 Å². The highest BCUT2D eigenvalue weighted by Gasteiger charge is 2.24. The van der Waals surface area contributed by atoms with E-state index < -0.39 is 0 Å². The summed E-state index contributed by atoms with van der Waals surface area (Å²) in [6.07, 6.45) is 0. The van der Waals surface area contributed by atoms with Gasteiger partial charge in [0.1, 0.15) is 0 Å². The molecule has 0 amide bonds. The average molecular weight is 400 g/mol. The van der Waals surface area contributed by atoms with Gasteiger partial charge < -0.3 is 4.90 Å². The van der Waals surface area contributed by atoms with Gasteiger partial charge in [-0.2, -0.15) is 16.7 Å². The summed E-state index contributed by atoms with van der Waals surface area (Å²) in [5.41, 5.74) is 3.79. The van der Waals surface area contributed by atoms with Gasteiger partial charge in [0, 0.05) is 38.7 Å². The lowest BCUT2D eigenvalue weighted by atomic mass is 10.1. The molecule has 3 aromatic rings. The first-order valence-electron chi connectivity index (χ1n) is 9.43. The smallest absolute Gasteiger partial charge is 0.332 e. The Balaban J connectivity index is 1.97. The molecule has 2 aromatic heterocycles. The van der Waals surface area contributed by atoms with Crippen LogP contribution in [0.4, 0.5) is 5.95 Å². The number of fused-ring (bicyclic) bond motifs is 1. The summed E-state index contributed by atoms with van der Waals surface area (Å²) < 4.78 is 4.62. The largest absolute Gasteiger partial charge is 0.341 e. The zero-order valence-electron chi connectivity index (χ0n) is 16.7. The number of anilines is 1. The van der Waals surface area contributed by atoms with Crippen molar-refractivity contribution in [2.75, 3.05) is 29.5 Å². The summed E-state index contributed by atoms with van der Waals surface area (Å²) in [5, 5.41) is 0. The van der Waals surface area contributed by atoms with E-state index in [0.717, 1.165) is 40.7 Å². The van der Waals surface area contributed by atoms with Crippen LogP contribution in [0, 0.1) is 13.8 Å². The number of benzene rings is 1. The fraction of sp³-hybridized carbons (Fsp3) is 0.450. The molecular weight excluding hydrogens is 374 g/mol. The van der Waals surface area contributed by atoms with Gasteiger partial charge in [-0.25, -0.2) is 4.79 Å². The second-order valence-electron chi connectivity index (χ2n) is 7.47. The minimum atomic E-state index is -0.353. The van der Waals surface area contributed by atoms with E-state index in [2.05, 4.69) is 36.9 Å². The maximum Gasteiger partial charge on any atom is 0.332 e. The molecule has 1 aliphatic rings. The molecule has 1 fully saturated rings. The molecule has 0 radical (unpaired) electrons.